The number of rotatable bonds is 4. The first-order valence-electron chi connectivity index (χ1n) is 8.74. The summed E-state index contributed by atoms with van der Waals surface area (Å²) < 4.78 is 3.56. The van der Waals surface area contributed by atoms with Gasteiger partial charge in [-0.1, -0.05) is 11.3 Å². The molecular weight excluding hydrogens is 316 g/mol. The highest BCUT2D eigenvalue weighted by Gasteiger charge is 2.21. The van der Waals surface area contributed by atoms with Crippen molar-refractivity contribution < 1.29 is 0 Å². The number of aryl methyl sites for hydroxylation is 1. The molecule has 0 amide bonds. The van der Waals surface area contributed by atoms with Gasteiger partial charge in [0, 0.05) is 37.6 Å². The summed E-state index contributed by atoms with van der Waals surface area (Å²) in [6.07, 6.45) is 5.98. The zero-order valence-corrected chi connectivity index (χ0v) is 14.4. The van der Waals surface area contributed by atoms with E-state index in [0.29, 0.717) is 12.5 Å². The summed E-state index contributed by atoms with van der Waals surface area (Å²) in [6, 6.07) is 7.42. The fourth-order valence-electron chi connectivity index (χ4n) is 3.71. The lowest BCUT2D eigenvalue weighted by atomic mass is 9.98. The Morgan fingerprint density at radius 3 is 3.08 bits per heavy atom. The van der Waals surface area contributed by atoms with Crippen LogP contribution >= 0.6 is 0 Å². The molecule has 4 rings (SSSR count). The Bertz CT molecular complexity index is 917. The van der Waals surface area contributed by atoms with Crippen LogP contribution in [0.4, 0.5) is 0 Å². The van der Waals surface area contributed by atoms with E-state index >= 15 is 0 Å². The number of likely N-dealkylation sites (tertiary alicyclic amines) is 1. The van der Waals surface area contributed by atoms with Gasteiger partial charge in [0.2, 0.25) is 0 Å². The van der Waals surface area contributed by atoms with Crippen LogP contribution in [0.25, 0.3) is 5.65 Å². The van der Waals surface area contributed by atoms with E-state index in [0.717, 1.165) is 43.1 Å². The second-order valence-corrected chi connectivity index (χ2v) is 6.81. The number of pyridine rings is 1. The van der Waals surface area contributed by atoms with Crippen LogP contribution in [0.3, 0.4) is 0 Å². The number of hydrogen-bond donors (Lipinski definition) is 0. The molecule has 3 aromatic rings. The molecule has 0 saturated carbocycles. The molecule has 0 N–H and O–H groups in total. The van der Waals surface area contributed by atoms with Crippen molar-refractivity contribution in [1.82, 2.24) is 29.3 Å². The van der Waals surface area contributed by atoms with E-state index in [9.17, 15) is 4.79 Å². The van der Waals surface area contributed by atoms with Gasteiger partial charge in [-0.05, 0) is 44.4 Å². The van der Waals surface area contributed by atoms with Crippen molar-refractivity contribution >= 4 is 5.65 Å². The first-order valence-corrected chi connectivity index (χ1v) is 8.74. The van der Waals surface area contributed by atoms with Gasteiger partial charge in [0.1, 0.15) is 5.65 Å². The van der Waals surface area contributed by atoms with Crippen molar-refractivity contribution in [3.63, 3.8) is 0 Å². The van der Waals surface area contributed by atoms with E-state index < -0.39 is 0 Å². The predicted octanol–water partition coefficient (Wildman–Crippen LogP) is 1.51. The van der Waals surface area contributed by atoms with Crippen molar-refractivity contribution in [3.05, 3.63) is 58.4 Å². The van der Waals surface area contributed by atoms with Gasteiger partial charge in [-0.2, -0.15) is 0 Å². The summed E-state index contributed by atoms with van der Waals surface area (Å²) in [6.45, 7) is 5.57. The summed E-state index contributed by atoms with van der Waals surface area (Å²) >= 11 is 0. The minimum absolute atomic E-state index is 0.00530. The Hall–Kier alpha value is -2.54. The zero-order chi connectivity index (χ0) is 17.2. The highest BCUT2D eigenvalue weighted by atomic mass is 16.1. The third-order valence-corrected chi connectivity index (χ3v) is 4.84. The van der Waals surface area contributed by atoms with Crippen LogP contribution in [-0.2, 0) is 13.1 Å². The van der Waals surface area contributed by atoms with Crippen LogP contribution in [0.15, 0.2) is 41.5 Å². The third kappa shape index (κ3) is 3.46. The molecule has 3 aromatic heterocycles. The Kier molecular flexibility index (Phi) is 4.31. The molecule has 0 radical (unpaired) electrons. The number of nitrogens with zero attached hydrogens (tertiary/aromatic N) is 6. The Balaban J connectivity index is 1.50. The Labute approximate surface area is 145 Å². The van der Waals surface area contributed by atoms with Crippen molar-refractivity contribution in [2.75, 3.05) is 13.1 Å². The van der Waals surface area contributed by atoms with E-state index in [4.69, 9.17) is 0 Å². The zero-order valence-electron chi connectivity index (χ0n) is 14.4. The van der Waals surface area contributed by atoms with Crippen molar-refractivity contribution in [3.8, 4) is 0 Å². The molecule has 1 fully saturated rings. The lowest BCUT2D eigenvalue weighted by molar-refractivity contribution is 0.151. The summed E-state index contributed by atoms with van der Waals surface area (Å²) in [7, 11) is 0. The molecular formula is C18H22N6O. The fraction of sp³-hybridized carbons (Fsp3) is 0.444. The maximum atomic E-state index is 12.4. The van der Waals surface area contributed by atoms with Gasteiger partial charge < -0.3 is 0 Å². The lowest BCUT2D eigenvalue weighted by Gasteiger charge is -2.32. The first kappa shape index (κ1) is 16.0. The highest BCUT2D eigenvalue weighted by molar-refractivity contribution is 5.40. The van der Waals surface area contributed by atoms with Crippen LogP contribution in [-0.4, -0.2) is 42.4 Å². The van der Waals surface area contributed by atoms with Gasteiger partial charge in [-0.3, -0.25) is 18.8 Å². The maximum Gasteiger partial charge on any atom is 0.258 e. The first-order chi connectivity index (χ1) is 12.2. The molecule has 1 unspecified atom stereocenters. The lowest BCUT2D eigenvalue weighted by Crippen LogP contribution is -2.37. The maximum absolute atomic E-state index is 12.4. The SMILES string of the molecule is Cc1cccc2nc(CN3CCCC(Cn4ccnn4)C3)cc(=O)n12. The van der Waals surface area contributed by atoms with Crippen LogP contribution < -0.4 is 5.56 Å². The second-order valence-electron chi connectivity index (χ2n) is 6.81. The van der Waals surface area contributed by atoms with Crippen LogP contribution in [0.2, 0.25) is 0 Å². The van der Waals surface area contributed by atoms with Gasteiger partial charge in [0.15, 0.2) is 0 Å². The molecule has 130 valence electrons. The second kappa shape index (κ2) is 6.76. The van der Waals surface area contributed by atoms with Crippen molar-refractivity contribution in [1.29, 1.82) is 0 Å². The Morgan fingerprint density at radius 2 is 2.24 bits per heavy atom. The number of piperidine rings is 1. The molecule has 1 aliphatic rings. The van der Waals surface area contributed by atoms with Crippen LogP contribution in [0, 0.1) is 12.8 Å². The minimum atomic E-state index is -0.00530. The van der Waals surface area contributed by atoms with Gasteiger partial charge in [0.25, 0.3) is 5.56 Å². The van der Waals surface area contributed by atoms with Crippen LogP contribution in [0.1, 0.15) is 24.2 Å². The minimum Gasteiger partial charge on any atom is -0.297 e. The van der Waals surface area contributed by atoms with Gasteiger partial charge in [-0.25, -0.2) is 4.98 Å². The van der Waals surface area contributed by atoms with Gasteiger partial charge in [-0.15, -0.1) is 5.10 Å². The fourth-order valence-corrected chi connectivity index (χ4v) is 3.71. The highest BCUT2D eigenvalue weighted by Crippen LogP contribution is 2.19. The summed E-state index contributed by atoms with van der Waals surface area (Å²) in [5, 5.41) is 7.94. The molecule has 0 spiro atoms. The quantitative estimate of drug-likeness (QED) is 0.721. The van der Waals surface area contributed by atoms with Gasteiger partial charge in [0.05, 0.1) is 11.9 Å². The smallest absolute Gasteiger partial charge is 0.258 e. The largest absolute Gasteiger partial charge is 0.297 e. The molecule has 7 nitrogen and oxygen atoms in total. The number of fused-ring (bicyclic) bond motifs is 1. The van der Waals surface area contributed by atoms with Gasteiger partial charge >= 0.3 is 0 Å². The average Bonchev–Trinajstić information content (AvgIpc) is 3.08. The number of aromatic nitrogens is 5. The van der Waals surface area contributed by atoms with Crippen molar-refractivity contribution in [2.24, 2.45) is 5.92 Å². The summed E-state index contributed by atoms with van der Waals surface area (Å²) in [4.78, 5) is 19.5. The molecule has 1 aliphatic heterocycles. The predicted molar refractivity (Wildman–Crippen MR) is 94.2 cm³/mol. The molecule has 0 aliphatic carbocycles. The normalized spacial score (nSPS) is 18.7. The molecule has 4 heterocycles. The van der Waals surface area contributed by atoms with Crippen LogP contribution in [0.5, 0.6) is 0 Å². The van der Waals surface area contributed by atoms with E-state index in [1.807, 2.05) is 36.0 Å². The number of hydrogen-bond acceptors (Lipinski definition) is 5. The molecule has 0 bridgehead atoms. The van der Waals surface area contributed by atoms with Crippen molar-refractivity contribution in [2.45, 2.75) is 32.9 Å². The average molecular weight is 338 g/mol. The molecule has 1 atom stereocenters. The van der Waals surface area contributed by atoms with E-state index in [1.165, 1.54) is 6.42 Å². The third-order valence-electron chi connectivity index (χ3n) is 4.84. The molecule has 7 heteroatoms. The standard InChI is InChI=1S/C18H22N6O/c1-14-4-2-6-17-20-16(10-18(25)24(14)17)13-22-8-3-5-15(11-22)12-23-9-7-19-21-23/h2,4,6-7,9-10,15H,3,5,8,11-13H2,1H3. The monoisotopic (exact) mass is 338 g/mol. The topological polar surface area (TPSA) is 68.3 Å². The Morgan fingerprint density at radius 1 is 1.32 bits per heavy atom. The molecule has 25 heavy (non-hydrogen) atoms. The molecule has 0 aromatic carbocycles. The summed E-state index contributed by atoms with van der Waals surface area (Å²) in [5.74, 6) is 0.555. The van der Waals surface area contributed by atoms with E-state index in [2.05, 4.69) is 20.2 Å². The molecule has 1 saturated heterocycles. The van der Waals surface area contributed by atoms with E-state index in [-0.39, 0.29) is 5.56 Å². The van der Waals surface area contributed by atoms with E-state index in [1.54, 1.807) is 16.7 Å². The summed E-state index contributed by atoms with van der Waals surface area (Å²) in [5.41, 5.74) is 2.47.